The fraction of sp³-hybridized carbons (Fsp3) is 0.0769. The molecule has 0 fully saturated rings. The lowest BCUT2D eigenvalue weighted by molar-refractivity contribution is 0.0698. The van der Waals surface area contributed by atoms with Gasteiger partial charge >= 0.3 is 5.97 Å². The normalized spacial score (nSPS) is 10.2. The van der Waals surface area contributed by atoms with Gasteiger partial charge in [-0.25, -0.2) is 4.79 Å². The zero-order valence-electron chi connectivity index (χ0n) is 9.94. The van der Waals surface area contributed by atoms with E-state index in [4.69, 9.17) is 16.7 Å². The van der Waals surface area contributed by atoms with Gasteiger partial charge in [-0.05, 0) is 42.1 Å². The Kier molecular flexibility index (Phi) is 3.87. The second kappa shape index (κ2) is 5.42. The van der Waals surface area contributed by atoms with Gasteiger partial charge in [-0.2, -0.15) is 0 Å². The van der Waals surface area contributed by atoms with Crippen molar-refractivity contribution < 1.29 is 14.7 Å². The highest BCUT2D eigenvalue weighted by atomic mass is 35.5. The second-order valence-corrected chi connectivity index (χ2v) is 5.23. The number of anilines is 1. The van der Waals surface area contributed by atoms with Crippen LogP contribution in [0.5, 0.6) is 0 Å². The summed E-state index contributed by atoms with van der Waals surface area (Å²) in [5.41, 5.74) is 1.29. The number of thiophene rings is 1. The van der Waals surface area contributed by atoms with Crippen LogP contribution in [0.2, 0.25) is 5.02 Å². The second-order valence-electron chi connectivity index (χ2n) is 3.88. The van der Waals surface area contributed by atoms with Gasteiger partial charge in [0.1, 0.15) is 5.00 Å². The van der Waals surface area contributed by atoms with Gasteiger partial charge in [0.2, 0.25) is 0 Å². The highest BCUT2D eigenvalue weighted by molar-refractivity contribution is 7.14. The molecular weight excluding hydrogens is 286 g/mol. The molecule has 6 heteroatoms. The van der Waals surface area contributed by atoms with Crippen LogP contribution in [-0.4, -0.2) is 17.0 Å². The molecule has 0 unspecified atom stereocenters. The van der Waals surface area contributed by atoms with Gasteiger partial charge in [-0.1, -0.05) is 11.6 Å². The summed E-state index contributed by atoms with van der Waals surface area (Å²) in [7, 11) is 0. The van der Waals surface area contributed by atoms with Crippen LogP contribution in [0, 0.1) is 6.92 Å². The quantitative estimate of drug-likeness (QED) is 0.908. The first-order valence-corrected chi connectivity index (χ1v) is 6.63. The summed E-state index contributed by atoms with van der Waals surface area (Å²) in [5.74, 6) is -1.41. The molecule has 0 radical (unpaired) electrons. The maximum atomic E-state index is 12.1. The van der Waals surface area contributed by atoms with Crippen molar-refractivity contribution in [2.24, 2.45) is 0 Å². The summed E-state index contributed by atoms with van der Waals surface area (Å²) in [6.45, 7) is 1.77. The summed E-state index contributed by atoms with van der Waals surface area (Å²) in [4.78, 5) is 23.0. The third kappa shape index (κ3) is 2.94. The fourth-order valence-corrected chi connectivity index (χ4v) is 2.63. The third-order valence-corrected chi connectivity index (χ3v) is 3.62. The highest BCUT2D eigenvalue weighted by Gasteiger charge is 2.16. The molecule has 1 aromatic carbocycles. The Morgan fingerprint density at radius 1 is 1.26 bits per heavy atom. The summed E-state index contributed by atoms with van der Waals surface area (Å²) < 4.78 is 0. The smallest absolute Gasteiger partial charge is 0.338 e. The van der Waals surface area contributed by atoms with Crippen LogP contribution >= 0.6 is 22.9 Å². The number of carbonyl (C=O) groups excluding carboxylic acids is 1. The lowest BCUT2D eigenvalue weighted by atomic mass is 10.1. The molecule has 0 saturated heterocycles. The maximum Gasteiger partial charge on any atom is 0.338 e. The Bertz CT molecular complexity index is 651. The minimum Gasteiger partial charge on any atom is -0.478 e. The predicted molar refractivity (Wildman–Crippen MR) is 75.4 cm³/mol. The van der Waals surface area contributed by atoms with Crippen molar-refractivity contribution in [1.29, 1.82) is 0 Å². The monoisotopic (exact) mass is 295 g/mol. The van der Waals surface area contributed by atoms with Gasteiger partial charge in [0.05, 0.1) is 5.56 Å². The van der Waals surface area contributed by atoms with Crippen LogP contribution in [0.15, 0.2) is 29.6 Å². The average molecular weight is 296 g/mol. The van der Waals surface area contributed by atoms with E-state index in [1.807, 2.05) is 0 Å². The number of carbonyl (C=O) groups is 2. The molecule has 0 atom stereocenters. The zero-order chi connectivity index (χ0) is 14.0. The van der Waals surface area contributed by atoms with E-state index >= 15 is 0 Å². The summed E-state index contributed by atoms with van der Waals surface area (Å²) in [5, 5.41) is 14.1. The first-order valence-electron chi connectivity index (χ1n) is 5.37. The molecule has 0 spiro atoms. The number of rotatable bonds is 3. The topological polar surface area (TPSA) is 66.4 Å². The van der Waals surface area contributed by atoms with Crippen LogP contribution in [0.4, 0.5) is 5.00 Å². The Balaban J connectivity index is 2.26. The highest BCUT2D eigenvalue weighted by Crippen LogP contribution is 2.24. The summed E-state index contributed by atoms with van der Waals surface area (Å²) in [6, 6.07) is 6.37. The number of hydrogen-bond acceptors (Lipinski definition) is 3. The van der Waals surface area contributed by atoms with E-state index in [9.17, 15) is 9.59 Å². The lowest BCUT2D eigenvalue weighted by Gasteiger charge is -2.07. The van der Waals surface area contributed by atoms with Gasteiger partial charge < -0.3 is 10.4 Å². The van der Waals surface area contributed by atoms with Crippen LogP contribution < -0.4 is 5.32 Å². The summed E-state index contributed by atoms with van der Waals surface area (Å²) in [6.07, 6.45) is 0. The van der Waals surface area contributed by atoms with Crippen LogP contribution in [0.3, 0.4) is 0 Å². The molecule has 0 bridgehead atoms. The Morgan fingerprint density at radius 2 is 2.00 bits per heavy atom. The van der Waals surface area contributed by atoms with Gasteiger partial charge in [0, 0.05) is 10.6 Å². The van der Waals surface area contributed by atoms with Gasteiger partial charge in [-0.3, -0.25) is 4.79 Å². The number of halogens is 1. The van der Waals surface area contributed by atoms with Crippen LogP contribution in [-0.2, 0) is 0 Å². The minimum atomic E-state index is -1.07. The molecule has 2 rings (SSSR count). The van der Waals surface area contributed by atoms with E-state index in [2.05, 4.69) is 5.32 Å². The fourth-order valence-electron chi connectivity index (χ4n) is 1.63. The van der Waals surface area contributed by atoms with E-state index in [-0.39, 0.29) is 11.5 Å². The van der Waals surface area contributed by atoms with Crippen molar-refractivity contribution in [2.75, 3.05) is 5.32 Å². The molecule has 0 aliphatic rings. The Labute approximate surface area is 118 Å². The molecule has 1 amide bonds. The number of aromatic carboxylic acids is 1. The molecule has 1 heterocycles. The van der Waals surface area contributed by atoms with Crippen molar-refractivity contribution in [3.8, 4) is 0 Å². The number of benzene rings is 1. The molecule has 2 aromatic rings. The number of carboxylic acids is 1. The molecule has 4 nitrogen and oxygen atoms in total. The Hall–Kier alpha value is -1.85. The number of amides is 1. The first kappa shape index (κ1) is 13.6. The lowest BCUT2D eigenvalue weighted by Crippen LogP contribution is -2.14. The van der Waals surface area contributed by atoms with E-state index in [0.717, 1.165) is 5.56 Å². The molecule has 0 aliphatic carbocycles. The van der Waals surface area contributed by atoms with E-state index in [1.54, 1.807) is 30.5 Å². The molecule has 2 N–H and O–H groups in total. The number of carboxylic acid groups (broad SMARTS) is 1. The maximum absolute atomic E-state index is 12.1. The van der Waals surface area contributed by atoms with Crippen molar-refractivity contribution in [3.63, 3.8) is 0 Å². The first-order chi connectivity index (χ1) is 8.99. The van der Waals surface area contributed by atoms with Crippen molar-refractivity contribution in [2.45, 2.75) is 6.92 Å². The van der Waals surface area contributed by atoms with Gasteiger partial charge in [-0.15, -0.1) is 11.3 Å². The van der Waals surface area contributed by atoms with E-state index in [1.165, 1.54) is 17.4 Å². The van der Waals surface area contributed by atoms with Gasteiger partial charge in [0.15, 0.2) is 0 Å². The molecule has 98 valence electrons. The minimum absolute atomic E-state index is 0.0879. The van der Waals surface area contributed by atoms with Crippen molar-refractivity contribution in [1.82, 2.24) is 0 Å². The molecular formula is C13H10ClNO3S. The number of nitrogens with one attached hydrogen (secondary N) is 1. The summed E-state index contributed by atoms with van der Waals surface area (Å²) >= 11 is 6.99. The molecule has 1 aromatic heterocycles. The van der Waals surface area contributed by atoms with E-state index < -0.39 is 5.97 Å². The third-order valence-electron chi connectivity index (χ3n) is 2.56. The van der Waals surface area contributed by atoms with Gasteiger partial charge in [0.25, 0.3) is 5.91 Å². The van der Waals surface area contributed by atoms with Crippen LogP contribution in [0.25, 0.3) is 0 Å². The number of hydrogen-bond donors (Lipinski definition) is 2. The average Bonchev–Trinajstić information content (AvgIpc) is 2.76. The van der Waals surface area contributed by atoms with Crippen molar-refractivity contribution >= 4 is 39.8 Å². The predicted octanol–water partition coefficient (Wildman–Crippen LogP) is 3.66. The van der Waals surface area contributed by atoms with Crippen LogP contribution in [0.1, 0.15) is 26.3 Å². The largest absolute Gasteiger partial charge is 0.478 e. The molecule has 0 aliphatic heterocycles. The van der Waals surface area contributed by atoms with Crippen molar-refractivity contribution in [3.05, 3.63) is 51.4 Å². The van der Waals surface area contributed by atoms with E-state index in [0.29, 0.717) is 15.6 Å². The molecule has 19 heavy (non-hydrogen) atoms. The molecule has 0 saturated carbocycles. The Morgan fingerprint density at radius 3 is 2.63 bits per heavy atom. The standard InChI is InChI=1S/C13H10ClNO3S/c1-7-6-8(14)2-3-9(7)11(16)15-12-10(13(17)18)4-5-19-12/h2-6H,1H3,(H,15,16)(H,17,18). The zero-order valence-corrected chi connectivity index (χ0v) is 11.5. The number of aryl methyl sites for hydroxylation is 1. The SMILES string of the molecule is Cc1cc(Cl)ccc1C(=O)Nc1sccc1C(=O)O.